The zero-order chi connectivity index (χ0) is 12.3. The van der Waals surface area contributed by atoms with Crippen LogP contribution >= 0.6 is 0 Å². The largest absolute Gasteiger partial charge is 0.333 e. The van der Waals surface area contributed by atoms with E-state index in [0.29, 0.717) is 5.92 Å². The van der Waals surface area contributed by atoms with E-state index < -0.39 is 0 Å². The summed E-state index contributed by atoms with van der Waals surface area (Å²) in [5.41, 5.74) is 0.0516. The molecular weight excluding hydrogens is 212 g/mol. The molecule has 0 spiro atoms. The highest BCUT2D eigenvalue weighted by molar-refractivity contribution is 5.75. The minimum Gasteiger partial charge on any atom is -0.333 e. The van der Waals surface area contributed by atoms with Crippen LogP contribution in [0.3, 0.4) is 0 Å². The summed E-state index contributed by atoms with van der Waals surface area (Å²) in [5, 5.41) is 3.27. The fourth-order valence-corrected chi connectivity index (χ4v) is 3.17. The molecule has 1 aliphatic carbocycles. The van der Waals surface area contributed by atoms with Gasteiger partial charge in [0, 0.05) is 18.6 Å². The van der Waals surface area contributed by atoms with Crippen LogP contribution in [0.25, 0.3) is 0 Å². The van der Waals surface area contributed by atoms with Crippen molar-refractivity contribution in [1.29, 1.82) is 0 Å². The lowest BCUT2D eigenvalue weighted by Gasteiger charge is -2.38. The Labute approximate surface area is 105 Å². The summed E-state index contributed by atoms with van der Waals surface area (Å²) in [7, 11) is 0. The Bertz CT molecular complexity index is 271. The molecule has 1 unspecified atom stereocenters. The molecule has 2 fully saturated rings. The molecule has 1 aliphatic heterocycles. The van der Waals surface area contributed by atoms with Crippen LogP contribution in [0.2, 0.25) is 0 Å². The standard InChI is InChI=1S/C14H26N2O/c1-12-7-6-10-16(11-12)13(17)15-14(2)8-4-3-5-9-14/h12H,3-11H2,1-2H3,(H,15,17). The van der Waals surface area contributed by atoms with Gasteiger partial charge in [0.2, 0.25) is 0 Å². The Morgan fingerprint density at radius 2 is 1.94 bits per heavy atom. The summed E-state index contributed by atoms with van der Waals surface area (Å²) in [4.78, 5) is 14.2. The van der Waals surface area contributed by atoms with E-state index in [1.807, 2.05) is 4.90 Å². The third-order valence-electron chi connectivity index (χ3n) is 4.31. The summed E-state index contributed by atoms with van der Waals surface area (Å²) in [6, 6.07) is 0.168. The molecule has 1 atom stereocenters. The van der Waals surface area contributed by atoms with Gasteiger partial charge in [0.15, 0.2) is 0 Å². The summed E-state index contributed by atoms with van der Waals surface area (Å²) in [5.74, 6) is 0.661. The fourth-order valence-electron chi connectivity index (χ4n) is 3.17. The molecule has 0 radical (unpaired) electrons. The van der Waals surface area contributed by atoms with Crippen LogP contribution < -0.4 is 5.32 Å². The Morgan fingerprint density at radius 3 is 2.59 bits per heavy atom. The van der Waals surface area contributed by atoms with Crippen LogP contribution in [-0.2, 0) is 0 Å². The molecule has 1 saturated heterocycles. The van der Waals surface area contributed by atoms with Crippen molar-refractivity contribution in [3.05, 3.63) is 0 Å². The predicted molar refractivity (Wildman–Crippen MR) is 70.0 cm³/mol. The van der Waals surface area contributed by atoms with Crippen LogP contribution in [0.5, 0.6) is 0 Å². The van der Waals surface area contributed by atoms with Gasteiger partial charge in [-0.15, -0.1) is 0 Å². The third-order valence-corrected chi connectivity index (χ3v) is 4.31. The first-order valence-corrected chi connectivity index (χ1v) is 7.16. The average molecular weight is 238 g/mol. The molecule has 1 heterocycles. The molecule has 0 bridgehead atoms. The number of nitrogens with one attached hydrogen (secondary N) is 1. The quantitative estimate of drug-likeness (QED) is 0.748. The lowest BCUT2D eigenvalue weighted by molar-refractivity contribution is 0.151. The number of rotatable bonds is 1. The monoisotopic (exact) mass is 238 g/mol. The van der Waals surface area contributed by atoms with Crippen molar-refractivity contribution >= 4 is 6.03 Å². The maximum absolute atomic E-state index is 12.2. The van der Waals surface area contributed by atoms with Crippen molar-refractivity contribution in [3.63, 3.8) is 0 Å². The van der Waals surface area contributed by atoms with Gasteiger partial charge in [0.1, 0.15) is 0 Å². The lowest BCUT2D eigenvalue weighted by Crippen LogP contribution is -2.54. The second-order valence-electron chi connectivity index (χ2n) is 6.24. The molecule has 2 aliphatic rings. The lowest BCUT2D eigenvalue weighted by atomic mass is 9.83. The Hall–Kier alpha value is -0.730. The van der Waals surface area contributed by atoms with Crippen molar-refractivity contribution in [2.45, 2.75) is 64.3 Å². The molecule has 1 saturated carbocycles. The maximum Gasteiger partial charge on any atom is 0.317 e. The van der Waals surface area contributed by atoms with Crippen molar-refractivity contribution in [2.24, 2.45) is 5.92 Å². The number of hydrogen-bond acceptors (Lipinski definition) is 1. The molecular formula is C14H26N2O. The molecule has 3 nitrogen and oxygen atoms in total. The van der Waals surface area contributed by atoms with E-state index in [0.717, 1.165) is 32.4 Å². The normalized spacial score (nSPS) is 28.8. The Balaban J connectivity index is 1.87. The van der Waals surface area contributed by atoms with E-state index in [1.165, 1.54) is 25.7 Å². The minimum atomic E-state index is 0.0516. The summed E-state index contributed by atoms with van der Waals surface area (Å²) in [6.07, 6.45) is 8.54. The van der Waals surface area contributed by atoms with E-state index in [4.69, 9.17) is 0 Å². The topological polar surface area (TPSA) is 32.3 Å². The van der Waals surface area contributed by atoms with E-state index >= 15 is 0 Å². The van der Waals surface area contributed by atoms with Gasteiger partial charge in [0.05, 0.1) is 0 Å². The third kappa shape index (κ3) is 3.36. The Kier molecular flexibility index (Phi) is 3.95. The van der Waals surface area contributed by atoms with E-state index in [-0.39, 0.29) is 11.6 Å². The van der Waals surface area contributed by atoms with E-state index in [1.54, 1.807) is 0 Å². The van der Waals surface area contributed by atoms with Crippen molar-refractivity contribution in [1.82, 2.24) is 10.2 Å². The molecule has 17 heavy (non-hydrogen) atoms. The summed E-state index contributed by atoms with van der Waals surface area (Å²) < 4.78 is 0. The second-order valence-corrected chi connectivity index (χ2v) is 6.24. The predicted octanol–water partition coefficient (Wildman–Crippen LogP) is 3.15. The highest BCUT2D eigenvalue weighted by Crippen LogP contribution is 2.28. The molecule has 2 rings (SSSR count). The van der Waals surface area contributed by atoms with Crippen LogP contribution in [-0.4, -0.2) is 29.6 Å². The van der Waals surface area contributed by atoms with Crippen LogP contribution in [0, 0.1) is 5.92 Å². The second kappa shape index (κ2) is 5.28. The first-order chi connectivity index (χ1) is 8.09. The highest BCUT2D eigenvalue weighted by atomic mass is 16.2. The van der Waals surface area contributed by atoms with Crippen molar-refractivity contribution < 1.29 is 4.79 Å². The number of hydrogen-bond donors (Lipinski definition) is 1. The molecule has 0 aromatic rings. The summed E-state index contributed by atoms with van der Waals surface area (Å²) >= 11 is 0. The zero-order valence-electron chi connectivity index (χ0n) is 11.3. The van der Waals surface area contributed by atoms with Gasteiger partial charge < -0.3 is 10.2 Å². The van der Waals surface area contributed by atoms with Gasteiger partial charge >= 0.3 is 6.03 Å². The smallest absolute Gasteiger partial charge is 0.317 e. The molecule has 2 amide bonds. The van der Waals surface area contributed by atoms with E-state index in [9.17, 15) is 4.79 Å². The van der Waals surface area contributed by atoms with Crippen molar-refractivity contribution in [3.8, 4) is 0 Å². The van der Waals surface area contributed by atoms with Crippen LogP contribution in [0.15, 0.2) is 0 Å². The number of nitrogens with zero attached hydrogens (tertiary/aromatic N) is 1. The number of urea groups is 1. The van der Waals surface area contributed by atoms with Gasteiger partial charge in [-0.05, 0) is 38.5 Å². The maximum atomic E-state index is 12.2. The SMILES string of the molecule is CC1CCCN(C(=O)NC2(C)CCCCC2)C1. The van der Waals surface area contributed by atoms with Gasteiger partial charge in [-0.25, -0.2) is 4.79 Å². The van der Waals surface area contributed by atoms with Gasteiger partial charge in [-0.2, -0.15) is 0 Å². The highest BCUT2D eigenvalue weighted by Gasteiger charge is 2.31. The summed E-state index contributed by atoms with van der Waals surface area (Å²) in [6.45, 7) is 6.31. The Morgan fingerprint density at radius 1 is 1.24 bits per heavy atom. The van der Waals surface area contributed by atoms with Gasteiger partial charge in [-0.3, -0.25) is 0 Å². The minimum absolute atomic E-state index is 0.0516. The molecule has 0 aromatic carbocycles. The van der Waals surface area contributed by atoms with Crippen molar-refractivity contribution in [2.75, 3.05) is 13.1 Å². The zero-order valence-corrected chi connectivity index (χ0v) is 11.3. The number of carbonyl (C=O) groups is 1. The molecule has 3 heteroatoms. The number of carbonyl (C=O) groups excluding carboxylic acids is 1. The average Bonchev–Trinajstić information content (AvgIpc) is 2.29. The van der Waals surface area contributed by atoms with Crippen LogP contribution in [0.4, 0.5) is 4.79 Å². The first kappa shape index (κ1) is 12.7. The van der Waals surface area contributed by atoms with Gasteiger partial charge in [0.25, 0.3) is 0 Å². The number of amides is 2. The molecule has 98 valence electrons. The molecule has 0 aromatic heterocycles. The van der Waals surface area contributed by atoms with Crippen LogP contribution in [0.1, 0.15) is 58.8 Å². The van der Waals surface area contributed by atoms with E-state index in [2.05, 4.69) is 19.2 Å². The number of piperidine rings is 1. The first-order valence-electron chi connectivity index (χ1n) is 7.16. The molecule has 1 N–H and O–H groups in total. The fraction of sp³-hybridized carbons (Fsp3) is 0.929. The number of likely N-dealkylation sites (tertiary alicyclic amines) is 1. The van der Waals surface area contributed by atoms with Gasteiger partial charge in [-0.1, -0.05) is 26.2 Å².